The molecule has 0 bridgehead atoms. The van der Waals surface area contributed by atoms with Gasteiger partial charge in [0.1, 0.15) is 24.5 Å². The summed E-state index contributed by atoms with van der Waals surface area (Å²) in [5.41, 5.74) is 7.64. The summed E-state index contributed by atoms with van der Waals surface area (Å²) in [7, 11) is 0. The van der Waals surface area contributed by atoms with Gasteiger partial charge in [-0.15, -0.1) is 0 Å². The predicted octanol–water partition coefficient (Wildman–Crippen LogP) is 1.55. The molecule has 162 valence electrons. The molecule has 2 N–H and O–H groups in total. The van der Waals surface area contributed by atoms with Crippen molar-refractivity contribution in [1.29, 1.82) is 0 Å². The highest BCUT2D eigenvalue weighted by atomic mass is 16.6. The van der Waals surface area contributed by atoms with Gasteiger partial charge < -0.3 is 15.2 Å². The number of anilines is 1. The zero-order valence-electron chi connectivity index (χ0n) is 17.2. The summed E-state index contributed by atoms with van der Waals surface area (Å²) in [4.78, 5) is 26.8. The van der Waals surface area contributed by atoms with Gasteiger partial charge in [-0.1, -0.05) is 48.5 Å². The van der Waals surface area contributed by atoms with Crippen LogP contribution in [0.5, 0.6) is 0 Å². The highest BCUT2D eigenvalue weighted by molar-refractivity contribution is 6.38. The summed E-state index contributed by atoms with van der Waals surface area (Å²) in [6.45, 7) is 3.05. The number of amides is 1. The van der Waals surface area contributed by atoms with Crippen LogP contribution in [-0.4, -0.2) is 60.9 Å². The fourth-order valence-corrected chi connectivity index (χ4v) is 3.79. The van der Waals surface area contributed by atoms with E-state index in [4.69, 9.17) is 15.2 Å². The van der Waals surface area contributed by atoms with Gasteiger partial charge in [0, 0.05) is 26.1 Å². The number of nitrogens with zero attached hydrogens (tertiary/aromatic N) is 3. The molecule has 0 saturated carbocycles. The van der Waals surface area contributed by atoms with Crippen LogP contribution in [0.4, 0.5) is 5.69 Å². The molecular formula is C23H26N4O4. The third kappa shape index (κ3) is 5.28. The van der Waals surface area contributed by atoms with Crippen molar-refractivity contribution in [3.05, 3.63) is 66.2 Å². The summed E-state index contributed by atoms with van der Waals surface area (Å²) >= 11 is 0. The van der Waals surface area contributed by atoms with E-state index in [1.807, 2.05) is 48.5 Å². The molecule has 0 aromatic heterocycles. The van der Waals surface area contributed by atoms with Gasteiger partial charge >= 0.3 is 5.97 Å². The van der Waals surface area contributed by atoms with Crippen LogP contribution in [0.1, 0.15) is 12.0 Å². The van der Waals surface area contributed by atoms with Crippen LogP contribution in [-0.2, 0) is 25.6 Å². The second kappa shape index (κ2) is 9.72. The lowest BCUT2D eigenvalue weighted by atomic mass is 10.1. The molecule has 0 spiro atoms. The van der Waals surface area contributed by atoms with E-state index in [0.29, 0.717) is 18.8 Å². The Kier molecular flexibility index (Phi) is 6.59. The number of carbonyl (C=O) groups is 2. The van der Waals surface area contributed by atoms with Crippen molar-refractivity contribution >= 4 is 23.3 Å². The number of para-hydroxylation sites is 1. The minimum absolute atomic E-state index is 0.120. The van der Waals surface area contributed by atoms with Crippen LogP contribution in [0.25, 0.3) is 0 Å². The van der Waals surface area contributed by atoms with Crippen LogP contribution >= 0.6 is 0 Å². The maximum absolute atomic E-state index is 12.6. The number of benzene rings is 2. The Bertz CT molecular complexity index is 935. The summed E-state index contributed by atoms with van der Waals surface area (Å²) in [5, 5.41) is 5.80. The Labute approximate surface area is 181 Å². The molecule has 2 atom stereocenters. The van der Waals surface area contributed by atoms with E-state index in [9.17, 15) is 9.59 Å². The number of hydrogen-bond acceptors (Lipinski definition) is 7. The first-order valence-corrected chi connectivity index (χ1v) is 10.4. The van der Waals surface area contributed by atoms with E-state index in [1.54, 1.807) is 0 Å². The molecule has 1 fully saturated rings. The van der Waals surface area contributed by atoms with Gasteiger partial charge in [0.2, 0.25) is 5.91 Å². The van der Waals surface area contributed by atoms with E-state index >= 15 is 0 Å². The Morgan fingerprint density at radius 3 is 2.52 bits per heavy atom. The molecule has 0 radical (unpaired) electrons. The molecule has 2 aromatic carbocycles. The van der Waals surface area contributed by atoms with Crippen molar-refractivity contribution in [1.82, 2.24) is 4.90 Å². The van der Waals surface area contributed by atoms with E-state index in [2.05, 4.69) is 22.1 Å². The first-order chi connectivity index (χ1) is 15.1. The molecule has 2 aliphatic rings. The van der Waals surface area contributed by atoms with Crippen molar-refractivity contribution in [2.24, 2.45) is 10.8 Å². The van der Waals surface area contributed by atoms with E-state index in [0.717, 1.165) is 13.1 Å². The van der Waals surface area contributed by atoms with Crippen LogP contribution in [0.15, 0.2) is 65.8 Å². The SMILES string of the molecule is NC(=O)C1CC(C(=O)OCC2CN(Cc3ccccc3)CCO2)=NN1c1ccccc1. The van der Waals surface area contributed by atoms with Crippen LogP contribution in [0.2, 0.25) is 0 Å². The quantitative estimate of drug-likeness (QED) is 0.680. The topological polar surface area (TPSA) is 97.5 Å². The molecule has 8 heteroatoms. The molecule has 31 heavy (non-hydrogen) atoms. The van der Waals surface area contributed by atoms with Gasteiger partial charge in [0.25, 0.3) is 0 Å². The number of hydrogen-bond donors (Lipinski definition) is 1. The normalized spacial score (nSPS) is 21.5. The number of carbonyl (C=O) groups excluding carboxylic acids is 2. The molecule has 4 rings (SSSR count). The van der Waals surface area contributed by atoms with Crippen LogP contribution in [0, 0.1) is 0 Å². The number of esters is 1. The highest BCUT2D eigenvalue weighted by Gasteiger charge is 2.36. The first-order valence-electron chi connectivity index (χ1n) is 10.4. The predicted molar refractivity (Wildman–Crippen MR) is 116 cm³/mol. The standard InChI is InChI=1S/C23H26N4O4/c24-22(28)21-13-20(25-27(21)18-9-5-2-6-10-18)23(29)31-16-19-15-26(11-12-30-19)14-17-7-3-1-4-8-17/h1-10,19,21H,11-16H2,(H2,24,28). The minimum Gasteiger partial charge on any atom is -0.458 e. The molecule has 2 aromatic rings. The zero-order chi connectivity index (χ0) is 21.6. The molecule has 2 heterocycles. The zero-order valence-corrected chi connectivity index (χ0v) is 17.2. The number of primary amides is 1. The molecule has 2 unspecified atom stereocenters. The maximum Gasteiger partial charge on any atom is 0.354 e. The van der Waals surface area contributed by atoms with E-state index in [1.165, 1.54) is 10.6 Å². The fraction of sp³-hybridized carbons (Fsp3) is 0.348. The summed E-state index contributed by atoms with van der Waals surface area (Å²) in [6.07, 6.45) is -0.0880. The molecule has 2 aliphatic heterocycles. The molecule has 8 nitrogen and oxygen atoms in total. The van der Waals surface area contributed by atoms with Gasteiger partial charge in [0.15, 0.2) is 0 Å². The van der Waals surface area contributed by atoms with Crippen molar-refractivity contribution in [2.75, 3.05) is 31.3 Å². The van der Waals surface area contributed by atoms with E-state index in [-0.39, 0.29) is 24.8 Å². The number of morpholine rings is 1. The lowest BCUT2D eigenvalue weighted by molar-refractivity contribution is -0.142. The Morgan fingerprint density at radius 2 is 1.81 bits per heavy atom. The van der Waals surface area contributed by atoms with Gasteiger partial charge in [-0.3, -0.25) is 14.7 Å². The summed E-state index contributed by atoms with van der Waals surface area (Å²) < 4.78 is 11.2. The first kappa shape index (κ1) is 21.0. The summed E-state index contributed by atoms with van der Waals surface area (Å²) in [6, 6.07) is 18.7. The largest absolute Gasteiger partial charge is 0.458 e. The minimum atomic E-state index is -0.711. The number of rotatable bonds is 7. The van der Waals surface area contributed by atoms with Gasteiger partial charge in [-0.2, -0.15) is 5.10 Å². The van der Waals surface area contributed by atoms with Crippen LogP contribution < -0.4 is 10.7 Å². The monoisotopic (exact) mass is 422 g/mol. The van der Waals surface area contributed by atoms with Crippen molar-refractivity contribution in [3.8, 4) is 0 Å². The Hall–Kier alpha value is -3.23. The second-order valence-electron chi connectivity index (χ2n) is 7.66. The lowest BCUT2D eigenvalue weighted by Gasteiger charge is -2.32. The smallest absolute Gasteiger partial charge is 0.354 e. The third-order valence-electron chi connectivity index (χ3n) is 5.37. The Morgan fingerprint density at radius 1 is 1.10 bits per heavy atom. The van der Waals surface area contributed by atoms with Gasteiger partial charge in [-0.05, 0) is 17.7 Å². The van der Waals surface area contributed by atoms with E-state index < -0.39 is 17.9 Å². The number of nitrogens with two attached hydrogens (primary N) is 1. The highest BCUT2D eigenvalue weighted by Crippen LogP contribution is 2.24. The van der Waals surface area contributed by atoms with Gasteiger partial charge in [-0.25, -0.2) is 4.79 Å². The average molecular weight is 422 g/mol. The molecular weight excluding hydrogens is 396 g/mol. The summed E-state index contributed by atoms with van der Waals surface area (Å²) in [5.74, 6) is -1.09. The fourth-order valence-electron chi connectivity index (χ4n) is 3.79. The molecule has 0 aliphatic carbocycles. The average Bonchev–Trinajstić information content (AvgIpc) is 3.25. The molecule has 1 amide bonds. The van der Waals surface area contributed by atoms with Gasteiger partial charge in [0.05, 0.1) is 12.3 Å². The van der Waals surface area contributed by atoms with Crippen LogP contribution in [0.3, 0.4) is 0 Å². The number of hydrazone groups is 1. The number of ether oxygens (including phenoxy) is 2. The second-order valence-corrected chi connectivity index (χ2v) is 7.66. The maximum atomic E-state index is 12.6. The van der Waals surface area contributed by atoms with Crippen molar-refractivity contribution in [2.45, 2.75) is 25.1 Å². The van der Waals surface area contributed by atoms with Crippen molar-refractivity contribution in [3.63, 3.8) is 0 Å². The molecule has 1 saturated heterocycles. The van der Waals surface area contributed by atoms with Crippen molar-refractivity contribution < 1.29 is 19.1 Å². The Balaban J connectivity index is 1.33. The third-order valence-corrected chi connectivity index (χ3v) is 5.37. The lowest BCUT2D eigenvalue weighted by Crippen LogP contribution is -2.44.